The highest BCUT2D eigenvalue weighted by Crippen LogP contribution is 2.28. The van der Waals surface area contributed by atoms with Crippen molar-refractivity contribution in [2.45, 2.75) is 6.42 Å². The summed E-state index contributed by atoms with van der Waals surface area (Å²) in [5.41, 5.74) is 0.787. The molecule has 0 spiro atoms. The first kappa shape index (κ1) is 8.62. The average Bonchev–Trinajstić information content (AvgIpc) is 2.16. The van der Waals surface area contributed by atoms with Gasteiger partial charge in [-0.25, -0.2) is 4.79 Å². The van der Waals surface area contributed by atoms with Gasteiger partial charge in [0.25, 0.3) is 0 Å². The number of rotatable bonds is 1. The summed E-state index contributed by atoms with van der Waals surface area (Å²) in [6.45, 7) is 0. The quantitative estimate of drug-likeness (QED) is 0.707. The van der Waals surface area contributed by atoms with E-state index >= 15 is 0 Å². The van der Waals surface area contributed by atoms with E-state index < -0.39 is 5.97 Å². The number of para-hydroxylation sites is 1. The zero-order valence-electron chi connectivity index (χ0n) is 7.23. The van der Waals surface area contributed by atoms with Gasteiger partial charge in [-0.3, -0.25) is 0 Å². The minimum absolute atomic E-state index is 0.206. The predicted molar refractivity (Wildman–Crippen MR) is 48.1 cm³/mol. The molecule has 0 fully saturated rings. The van der Waals surface area contributed by atoms with Crippen LogP contribution in [0.2, 0.25) is 0 Å². The number of aliphatic hydroxyl groups is 1. The Hall–Kier alpha value is -1.97. The molecule has 0 radical (unpaired) electrons. The van der Waals surface area contributed by atoms with Crippen LogP contribution in [0.25, 0.3) is 0 Å². The second-order valence-electron chi connectivity index (χ2n) is 2.97. The van der Waals surface area contributed by atoms with Gasteiger partial charge in [-0.1, -0.05) is 18.2 Å². The second kappa shape index (κ2) is 3.06. The lowest BCUT2D eigenvalue weighted by Gasteiger charge is -2.17. The van der Waals surface area contributed by atoms with Gasteiger partial charge in [0, 0.05) is 12.0 Å². The molecule has 1 aromatic carbocycles. The van der Waals surface area contributed by atoms with E-state index in [0.29, 0.717) is 5.75 Å². The number of fused-ring (bicyclic) bond motifs is 1. The summed E-state index contributed by atoms with van der Waals surface area (Å²) in [7, 11) is 0. The van der Waals surface area contributed by atoms with Crippen molar-refractivity contribution in [3.05, 3.63) is 41.3 Å². The fourth-order valence-electron chi connectivity index (χ4n) is 1.35. The van der Waals surface area contributed by atoms with Crippen molar-refractivity contribution >= 4 is 5.97 Å². The minimum Gasteiger partial charge on any atom is -0.508 e. The smallest absolute Gasteiger partial charge is 0.375 e. The molecule has 0 atom stereocenters. The first-order valence-corrected chi connectivity index (χ1v) is 4.09. The normalized spacial score (nSPS) is 14.6. The van der Waals surface area contributed by atoms with Gasteiger partial charge in [0.15, 0.2) is 0 Å². The van der Waals surface area contributed by atoms with Crippen molar-refractivity contribution < 1.29 is 19.7 Å². The van der Waals surface area contributed by atoms with Crippen LogP contribution in [-0.2, 0) is 11.2 Å². The van der Waals surface area contributed by atoms with Crippen molar-refractivity contribution in [2.24, 2.45) is 0 Å². The Morgan fingerprint density at radius 3 is 2.79 bits per heavy atom. The van der Waals surface area contributed by atoms with Gasteiger partial charge in [-0.2, -0.15) is 0 Å². The van der Waals surface area contributed by atoms with Crippen LogP contribution >= 0.6 is 0 Å². The lowest BCUT2D eigenvalue weighted by Crippen LogP contribution is -2.17. The molecule has 2 rings (SSSR count). The molecule has 0 unspecified atom stereocenters. The fraction of sp³-hybridized carbons (Fsp3) is 0.100. The molecule has 1 aliphatic heterocycles. The average molecular weight is 192 g/mol. The first-order valence-electron chi connectivity index (χ1n) is 4.09. The molecular weight excluding hydrogens is 184 g/mol. The maximum Gasteiger partial charge on any atom is 0.375 e. The maximum atomic E-state index is 10.6. The number of aliphatic carboxylic acids is 1. The molecule has 14 heavy (non-hydrogen) atoms. The summed E-state index contributed by atoms with van der Waals surface area (Å²) in [5.74, 6) is -1.39. The highest BCUT2D eigenvalue weighted by molar-refractivity contribution is 5.86. The van der Waals surface area contributed by atoms with E-state index in [9.17, 15) is 9.90 Å². The molecule has 1 aliphatic rings. The van der Waals surface area contributed by atoms with Crippen LogP contribution in [0.5, 0.6) is 5.75 Å². The van der Waals surface area contributed by atoms with Gasteiger partial charge in [0.05, 0.1) is 0 Å². The zero-order chi connectivity index (χ0) is 10.1. The second-order valence-corrected chi connectivity index (χ2v) is 2.97. The van der Waals surface area contributed by atoms with Gasteiger partial charge in [-0.15, -0.1) is 0 Å². The van der Waals surface area contributed by atoms with E-state index in [1.54, 1.807) is 24.3 Å². The third kappa shape index (κ3) is 1.31. The van der Waals surface area contributed by atoms with Gasteiger partial charge < -0.3 is 14.9 Å². The number of benzene rings is 1. The number of hydrogen-bond donors (Lipinski definition) is 2. The van der Waals surface area contributed by atoms with Gasteiger partial charge >= 0.3 is 5.97 Å². The number of hydrogen-bond acceptors (Lipinski definition) is 3. The van der Waals surface area contributed by atoms with Crippen molar-refractivity contribution in [3.63, 3.8) is 0 Å². The number of carbonyl (C=O) groups is 1. The lowest BCUT2D eigenvalue weighted by atomic mass is 10.1. The zero-order valence-corrected chi connectivity index (χ0v) is 7.23. The number of allylic oxidation sites excluding steroid dienone is 1. The summed E-state index contributed by atoms with van der Waals surface area (Å²) in [6, 6.07) is 7.01. The molecule has 0 aromatic heterocycles. The summed E-state index contributed by atoms with van der Waals surface area (Å²) in [6.07, 6.45) is 0.206. The van der Waals surface area contributed by atoms with Crippen LogP contribution in [0.15, 0.2) is 35.8 Å². The molecule has 0 amide bonds. The molecule has 2 N–H and O–H groups in total. The Morgan fingerprint density at radius 1 is 1.36 bits per heavy atom. The Labute approximate surface area is 80.1 Å². The van der Waals surface area contributed by atoms with E-state index in [1.165, 1.54) is 0 Å². The van der Waals surface area contributed by atoms with Crippen molar-refractivity contribution in [3.8, 4) is 5.75 Å². The molecule has 0 saturated carbocycles. The number of carboxylic acids is 1. The van der Waals surface area contributed by atoms with Gasteiger partial charge in [0.2, 0.25) is 5.76 Å². The van der Waals surface area contributed by atoms with Crippen molar-refractivity contribution in [1.82, 2.24) is 0 Å². The Bertz CT molecular complexity index is 420. The summed E-state index contributed by atoms with van der Waals surface area (Å²) in [5, 5.41) is 18.1. The van der Waals surface area contributed by atoms with Gasteiger partial charge in [0.1, 0.15) is 11.5 Å². The molecule has 4 nitrogen and oxygen atoms in total. The fourth-order valence-corrected chi connectivity index (χ4v) is 1.35. The van der Waals surface area contributed by atoms with E-state index in [2.05, 4.69) is 0 Å². The number of carboxylic acid groups (broad SMARTS) is 1. The third-order valence-corrected chi connectivity index (χ3v) is 2.00. The van der Waals surface area contributed by atoms with Crippen LogP contribution in [0.3, 0.4) is 0 Å². The minimum atomic E-state index is -1.25. The van der Waals surface area contributed by atoms with Crippen LogP contribution in [0.4, 0.5) is 0 Å². The molecular formula is C10H8O4. The summed E-state index contributed by atoms with van der Waals surface area (Å²) >= 11 is 0. The van der Waals surface area contributed by atoms with E-state index in [1.807, 2.05) is 0 Å². The summed E-state index contributed by atoms with van der Waals surface area (Å²) in [4.78, 5) is 10.6. The molecule has 1 heterocycles. The van der Waals surface area contributed by atoms with E-state index in [0.717, 1.165) is 5.56 Å². The largest absolute Gasteiger partial charge is 0.508 e. The number of aliphatic hydroxyl groups excluding tert-OH is 1. The Morgan fingerprint density at radius 2 is 2.07 bits per heavy atom. The lowest BCUT2D eigenvalue weighted by molar-refractivity contribution is -0.135. The van der Waals surface area contributed by atoms with Gasteiger partial charge in [-0.05, 0) is 6.07 Å². The highest BCUT2D eigenvalue weighted by Gasteiger charge is 2.23. The van der Waals surface area contributed by atoms with Crippen LogP contribution in [-0.4, -0.2) is 16.2 Å². The topological polar surface area (TPSA) is 66.8 Å². The van der Waals surface area contributed by atoms with Crippen LogP contribution < -0.4 is 4.74 Å². The molecule has 72 valence electrons. The number of ether oxygens (including phenoxy) is 1. The van der Waals surface area contributed by atoms with E-state index in [4.69, 9.17) is 9.84 Å². The van der Waals surface area contributed by atoms with Crippen molar-refractivity contribution in [1.29, 1.82) is 0 Å². The highest BCUT2D eigenvalue weighted by atomic mass is 16.5. The maximum absolute atomic E-state index is 10.6. The molecule has 0 aliphatic carbocycles. The third-order valence-electron chi connectivity index (χ3n) is 2.00. The molecule has 0 saturated heterocycles. The summed E-state index contributed by atoms with van der Waals surface area (Å²) < 4.78 is 5.04. The van der Waals surface area contributed by atoms with Crippen LogP contribution in [0.1, 0.15) is 5.56 Å². The molecule has 1 aromatic rings. The standard InChI is InChI=1S/C10H8O4/c11-7-5-6-3-1-2-4-8(6)14-9(7)10(12)13/h1-4,11H,5H2,(H,12,13). The Balaban J connectivity index is 2.41. The molecule has 0 bridgehead atoms. The van der Waals surface area contributed by atoms with Crippen LogP contribution in [0, 0.1) is 0 Å². The molecule has 4 heteroatoms. The SMILES string of the molecule is O=C(O)C1=C(O)Cc2ccccc2O1. The predicted octanol–water partition coefficient (Wildman–Crippen LogP) is 1.48. The van der Waals surface area contributed by atoms with Crippen molar-refractivity contribution in [2.75, 3.05) is 0 Å². The monoisotopic (exact) mass is 192 g/mol. The first-order chi connectivity index (χ1) is 6.68. The van der Waals surface area contributed by atoms with E-state index in [-0.39, 0.29) is 17.9 Å². The Kier molecular flexibility index (Phi) is 1.89.